The molecule has 0 unspecified atom stereocenters. The van der Waals surface area contributed by atoms with E-state index in [1.807, 2.05) is 140 Å². The minimum absolute atomic E-state index is 0.397. The van der Waals surface area contributed by atoms with E-state index in [4.69, 9.17) is 16.5 Å². The van der Waals surface area contributed by atoms with E-state index in [2.05, 4.69) is 64.0 Å². The average molecular weight is 802 g/mol. The first-order valence-electron chi connectivity index (χ1n) is 20.2. The van der Waals surface area contributed by atoms with E-state index >= 15 is 0 Å². The molecule has 0 bridgehead atoms. The highest BCUT2D eigenvalue weighted by Gasteiger charge is 2.25. The third-order valence-corrected chi connectivity index (χ3v) is 11.4. The van der Waals surface area contributed by atoms with Gasteiger partial charge in [-0.05, 0) is 71.8 Å². The molecule has 0 spiro atoms. The van der Waals surface area contributed by atoms with Crippen molar-refractivity contribution in [2.24, 2.45) is 0 Å². The molecular weight excluding hydrogens is 771 g/mol. The summed E-state index contributed by atoms with van der Waals surface area (Å²) in [5, 5.41) is 32.9. The lowest BCUT2D eigenvalue weighted by atomic mass is 9.88. The van der Waals surface area contributed by atoms with E-state index in [1.54, 1.807) is 12.1 Å². The van der Waals surface area contributed by atoms with Crippen LogP contribution in [0, 0.1) is 40.6 Å². The summed E-state index contributed by atoms with van der Waals surface area (Å²) < 4.78 is 2.23. The Labute approximate surface area is 363 Å². The van der Waals surface area contributed by atoms with Gasteiger partial charge in [-0.1, -0.05) is 127 Å². The quantitative estimate of drug-likeness (QED) is 0.149. The topological polar surface area (TPSA) is 106 Å². The van der Waals surface area contributed by atoms with Crippen LogP contribution in [0.3, 0.4) is 0 Å². The molecule has 0 amide bonds. The Kier molecular flexibility index (Phi) is 9.60. The first-order valence-corrected chi connectivity index (χ1v) is 20.2. The largest absolute Gasteiger partial charge is 0.308 e. The number of nitrogens with zero attached hydrogens (tertiary/aromatic N) is 7. The molecule has 10 aromatic rings. The number of aromatic nitrogens is 3. The monoisotopic (exact) mass is 801 g/mol. The highest BCUT2D eigenvalue weighted by Crippen LogP contribution is 2.46. The van der Waals surface area contributed by atoms with E-state index in [1.165, 1.54) is 0 Å². The Morgan fingerprint density at radius 1 is 0.429 bits per heavy atom. The Bertz CT molecular complexity index is 3480. The number of hydrogen-bond acceptors (Lipinski definition) is 5. The van der Waals surface area contributed by atoms with E-state index in [0.29, 0.717) is 33.9 Å². The summed E-state index contributed by atoms with van der Waals surface area (Å²) in [4.78, 5) is 14.1. The van der Waals surface area contributed by atoms with Gasteiger partial charge in [-0.3, -0.25) is 0 Å². The first-order chi connectivity index (χ1) is 31.1. The molecule has 0 aliphatic heterocycles. The summed E-state index contributed by atoms with van der Waals surface area (Å²) in [7, 11) is 0. The summed E-state index contributed by atoms with van der Waals surface area (Å²) in [6.45, 7) is 7.94. The van der Waals surface area contributed by atoms with Crippen LogP contribution < -0.4 is 0 Å². The zero-order valence-electron chi connectivity index (χ0n) is 33.5. The standard InChI is InChI=1S/C56H31N7/c1-60-52-28-36(33-57)24-26-45(52)39-25-27-54-47(29-39)46-22-12-13-23-53(46)63(54)55-48(43-20-10-8-18-40(43)34-58)30-42(31-49(55)44-21-11-9-19-41(44)35-59)51-32-50(37-14-4-2-5-15-37)61-56(62-51)38-16-6-3-7-17-38/h2-32H. The predicted molar refractivity (Wildman–Crippen MR) is 249 cm³/mol. The number of benzene rings is 8. The molecule has 0 aliphatic carbocycles. The van der Waals surface area contributed by atoms with Gasteiger partial charge in [0.15, 0.2) is 11.5 Å². The maximum atomic E-state index is 10.7. The number of hydrogen-bond donors (Lipinski definition) is 0. The molecule has 0 aliphatic rings. The van der Waals surface area contributed by atoms with Crippen molar-refractivity contribution in [3.8, 4) is 91.2 Å². The van der Waals surface area contributed by atoms with E-state index in [0.717, 1.165) is 83.3 Å². The van der Waals surface area contributed by atoms with Gasteiger partial charge in [0.25, 0.3) is 0 Å². The maximum Gasteiger partial charge on any atom is 0.196 e. The van der Waals surface area contributed by atoms with Crippen LogP contribution in [0.5, 0.6) is 0 Å². The van der Waals surface area contributed by atoms with Gasteiger partial charge in [0.05, 0.1) is 64.0 Å². The summed E-state index contributed by atoms with van der Waals surface area (Å²) in [5.74, 6) is 0.566. The smallest absolute Gasteiger partial charge is 0.196 e. The Balaban J connectivity index is 1.34. The van der Waals surface area contributed by atoms with Crippen molar-refractivity contribution in [1.82, 2.24) is 14.5 Å². The van der Waals surface area contributed by atoms with Gasteiger partial charge in [-0.2, -0.15) is 15.8 Å². The lowest BCUT2D eigenvalue weighted by Gasteiger charge is -2.22. The lowest BCUT2D eigenvalue weighted by molar-refractivity contribution is 1.17. The first kappa shape index (κ1) is 37.8. The minimum atomic E-state index is 0.397. The summed E-state index contributed by atoms with van der Waals surface area (Å²) in [6.07, 6.45) is 0. The fraction of sp³-hybridized carbons (Fsp3) is 0. The summed E-state index contributed by atoms with van der Waals surface area (Å²) in [6, 6.07) is 67.9. The van der Waals surface area contributed by atoms with Gasteiger partial charge in [0.1, 0.15) is 0 Å². The molecule has 8 aromatic carbocycles. The molecule has 0 saturated carbocycles. The van der Waals surface area contributed by atoms with Gasteiger partial charge in [-0.15, -0.1) is 0 Å². The fourth-order valence-corrected chi connectivity index (χ4v) is 8.45. The van der Waals surface area contributed by atoms with Crippen molar-refractivity contribution < 1.29 is 0 Å². The van der Waals surface area contributed by atoms with Crippen molar-refractivity contribution in [1.29, 1.82) is 15.8 Å². The highest BCUT2D eigenvalue weighted by molar-refractivity contribution is 6.12. The number of para-hydroxylation sites is 1. The van der Waals surface area contributed by atoms with Gasteiger partial charge in [0, 0.05) is 55.3 Å². The molecule has 290 valence electrons. The van der Waals surface area contributed by atoms with Crippen LogP contribution in [-0.4, -0.2) is 14.5 Å². The third kappa shape index (κ3) is 6.72. The lowest BCUT2D eigenvalue weighted by Crippen LogP contribution is -2.04. The normalized spacial score (nSPS) is 10.8. The molecule has 0 N–H and O–H groups in total. The maximum absolute atomic E-state index is 10.7. The van der Waals surface area contributed by atoms with Gasteiger partial charge in [-0.25, -0.2) is 14.8 Å². The molecule has 0 atom stereocenters. The van der Waals surface area contributed by atoms with E-state index in [-0.39, 0.29) is 0 Å². The van der Waals surface area contributed by atoms with Gasteiger partial charge >= 0.3 is 0 Å². The highest BCUT2D eigenvalue weighted by atomic mass is 15.0. The van der Waals surface area contributed by atoms with Gasteiger partial charge in [0.2, 0.25) is 0 Å². The summed E-state index contributed by atoms with van der Waals surface area (Å²) in [5.41, 5.74) is 12.9. The molecule has 63 heavy (non-hydrogen) atoms. The second-order valence-electron chi connectivity index (χ2n) is 15.0. The number of fused-ring (bicyclic) bond motifs is 3. The number of rotatable bonds is 7. The third-order valence-electron chi connectivity index (χ3n) is 11.4. The molecule has 10 rings (SSSR count). The second kappa shape index (κ2) is 16.0. The van der Waals surface area contributed by atoms with Crippen molar-refractivity contribution in [3.63, 3.8) is 0 Å². The van der Waals surface area contributed by atoms with E-state index < -0.39 is 0 Å². The van der Waals surface area contributed by atoms with Crippen molar-refractivity contribution in [2.45, 2.75) is 0 Å². The molecule has 7 nitrogen and oxygen atoms in total. The van der Waals surface area contributed by atoms with E-state index in [9.17, 15) is 15.8 Å². The minimum Gasteiger partial charge on any atom is -0.308 e. The average Bonchev–Trinajstić information content (AvgIpc) is 3.69. The molecular formula is C56H31N7. The SMILES string of the molecule is [C-]#[N+]c1cc(C#N)ccc1-c1ccc2c(c1)c1ccccc1n2-c1c(-c2ccccc2C#N)cc(-c2cc(-c3ccccc3)nc(-c3ccccc3)n2)cc1-c1ccccc1C#N. The Morgan fingerprint density at radius 2 is 1.00 bits per heavy atom. The molecule has 2 heterocycles. The van der Waals surface area contributed by atoms with Crippen molar-refractivity contribution >= 4 is 27.5 Å². The van der Waals surface area contributed by atoms with Crippen LogP contribution in [0.15, 0.2) is 188 Å². The zero-order valence-corrected chi connectivity index (χ0v) is 33.5. The van der Waals surface area contributed by atoms with Crippen LogP contribution >= 0.6 is 0 Å². The molecule has 7 heteroatoms. The molecule has 2 aromatic heterocycles. The molecule has 0 saturated heterocycles. The summed E-state index contributed by atoms with van der Waals surface area (Å²) >= 11 is 0. The molecule has 0 fully saturated rings. The number of nitriles is 3. The predicted octanol–water partition coefficient (Wildman–Crippen LogP) is 13.7. The van der Waals surface area contributed by atoms with Crippen LogP contribution in [-0.2, 0) is 0 Å². The second-order valence-corrected chi connectivity index (χ2v) is 15.0. The fourth-order valence-electron chi connectivity index (χ4n) is 8.45. The van der Waals surface area contributed by atoms with Crippen molar-refractivity contribution in [2.75, 3.05) is 0 Å². The van der Waals surface area contributed by atoms with Crippen LogP contribution in [0.1, 0.15) is 16.7 Å². The van der Waals surface area contributed by atoms with Crippen LogP contribution in [0.2, 0.25) is 0 Å². The van der Waals surface area contributed by atoms with Crippen molar-refractivity contribution in [3.05, 3.63) is 216 Å². The zero-order chi connectivity index (χ0) is 42.9. The van der Waals surface area contributed by atoms with Crippen LogP contribution in [0.4, 0.5) is 5.69 Å². The van der Waals surface area contributed by atoms with Crippen LogP contribution in [0.25, 0.3) is 99.6 Å². The Morgan fingerprint density at radius 3 is 1.63 bits per heavy atom. The van der Waals surface area contributed by atoms with Gasteiger partial charge < -0.3 is 4.57 Å². The molecule has 0 radical (unpaired) electrons. The Hall–Kier alpha value is -9.40.